The average Bonchev–Trinajstić information content (AvgIpc) is 2.86. The molecule has 0 unspecified atom stereocenters. The smallest absolute Gasteiger partial charge is 0.257 e. The number of rotatable bonds is 4. The zero-order valence-electron chi connectivity index (χ0n) is 11.3. The van der Waals surface area contributed by atoms with E-state index in [9.17, 15) is 9.59 Å². The van der Waals surface area contributed by atoms with Gasteiger partial charge in [0.2, 0.25) is 5.91 Å². The van der Waals surface area contributed by atoms with Crippen molar-refractivity contribution in [2.75, 3.05) is 12.4 Å². The van der Waals surface area contributed by atoms with Crippen LogP contribution in [0.4, 0.5) is 5.69 Å². The molecule has 20 heavy (non-hydrogen) atoms. The van der Waals surface area contributed by atoms with Crippen molar-refractivity contribution in [3.8, 4) is 0 Å². The van der Waals surface area contributed by atoms with E-state index < -0.39 is 0 Å². The maximum absolute atomic E-state index is 12.1. The number of pyridine rings is 1. The summed E-state index contributed by atoms with van der Waals surface area (Å²) in [7, 11) is 1.56. The van der Waals surface area contributed by atoms with E-state index in [4.69, 9.17) is 0 Å². The Hall–Kier alpha value is -2.70. The number of likely N-dealkylation sites (N-methyl/N-ethyl adjacent to an activating group) is 1. The molecule has 0 aliphatic rings. The Balaban J connectivity index is 2.05. The first-order chi connectivity index (χ1) is 9.60. The summed E-state index contributed by atoms with van der Waals surface area (Å²) >= 11 is 0. The largest absolute Gasteiger partial charge is 0.358 e. The molecule has 0 atom stereocenters. The van der Waals surface area contributed by atoms with E-state index in [2.05, 4.69) is 20.7 Å². The second-order valence-electron chi connectivity index (χ2n) is 4.19. The molecule has 2 aromatic heterocycles. The molecule has 0 fully saturated rings. The molecule has 0 aliphatic carbocycles. The van der Waals surface area contributed by atoms with Crippen molar-refractivity contribution in [1.29, 1.82) is 0 Å². The highest BCUT2D eigenvalue weighted by Crippen LogP contribution is 2.10. The predicted molar refractivity (Wildman–Crippen MR) is 73.2 cm³/mol. The molecule has 0 radical (unpaired) electrons. The van der Waals surface area contributed by atoms with E-state index in [1.54, 1.807) is 38.5 Å². The number of anilines is 1. The van der Waals surface area contributed by atoms with Crippen molar-refractivity contribution >= 4 is 17.5 Å². The standard InChI is InChI=1S/C13H15N5O2/c1-9-11(4-3-5-15-9)13(20)17-10-6-16-18(7-10)8-12(19)14-2/h3-7H,8H2,1-2H3,(H,14,19)(H,17,20). The summed E-state index contributed by atoms with van der Waals surface area (Å²) in [5.74, 6) is -0.413. The third-order valence-corrected chi connectivity index (χ3v) is 2.73. The number of aromatic nitrogens is 3. The van der Waals surface area contributed by atoms with Crippen LogP contribution in [0.15, 0.2) is 30.7 Å². The van der Waals surface area contributed by atoms with E-state index in [-0.39, 0.29) is 18.4 Å². The Morgan fingerprint density at radius 3 is 2.90 bits per heavy atom. The van der Waals surface area contributed by atoms with Gasteiger partial charge in [-0.1, -0.05) is 0 Å². The fraction of sp³-hybridized carbons (Fsp3) is 0.231. The van der Waals surface area contributed by atoms with Crippen molar-refractivity contribution in [3.05, 3.63) is 42.0 Å². The van der Waals surface area contributed by atoms with E-state index in [0.29, 0.717) is 16.9 Å². The van der Waals surface area contributed by atoms with E-state index in [1.807, 2.05) is 0 Å². The second-order valence-corrected chi connectivity index (χ2v) is 4.19. The predicted octanol–water partition coefficient (Wildman–Crippen LogP) is 0.585. The summed E-state index contributed by atoms with van der Waals surface area (Å²) < 4.78 is 1.45. The molecule has 2 N–H and O–H groups in total. The van der Waals surface area contributed by atoms with Crippen LogP contribution in [0.3, 0.4) is 0 Å². The lowest BCUT2D eigenvalue weighted by atomic mass is 10.2. The molecule has 2 rings (SSSR count). The van der Waals surface area contributed by atoms with Crippen LogP contribution >= 0.6 is 0 Å². The Labute approximate surface area is 116 Å². The molecule has 2 aromatic rings. The van der Waals surface area contributed by atoms with E-state index in [1.165, 1.54) is 10.9 Å². The number of aryl methyl sites for hydroxylation is 1. The number of hydrogen-bond acceptors (Lipinski definition) is 4. The van der Waals surface area contributed by atoms with E-state index in [0.717, 1.165) is 0 Å². The number of amides is 2. The van der Waals surface area contributed by atoms with Crippen molar-refractivity contribution in [2.24, 2.45) is 0 Å². The van der Waals surface area contributed by atoms with Crippen LogP contribution in [0.25, 0.3) is 0 Å². The van der Waals surface area contributed by atoms with Gasteiger partial charge in [0, 0.05) is 25.1 Å². The lowest BCUT2D eigenvalue weighted by Gasteiger charge is -2.04. The summed E-state index contributed by atoms with van der Waals surface area (Å²) in [5.41, 5.74) is 1.69. The van der Waals surface area contributed by atoms with Gasteiger partial charge < -0.3 is 10.6 Å². The van der Waals surface area contributed by atoms with E-state index >= 15 is 0 Å². The van der Waals surface area contributed by atoms with Gasteiger partial charge in [-0.3, -0.25) is 19.3 Å². The molecule has 2 heterocycles. The zero-order chi connectivity index (χ0) is 14.5. The fourth-order valence-corrected chi connectivity index (χ4v) is 1.66. The molecule has 104 valence electrons. The monoisotopic (exact) mass is 273 g/mol. The zero-order valence-corrected chi connectivity index (χ0v) is 11.3. The molecule has 7 heteroatoms. The molecular formula is C13H15N5O2. The maximum Gasteiger partial charge on any atom is 0.257 e. The van der Waals surface area contributed by atoms with Crippen molar-refractivity contribution in [1.82, 2.24) is 20.1 Å². The Morgan fingerprint density at radius 2 is 2.20 bits per heavy atom. The molecule has 0 aromatic carbocycles. The van der Waals surface area contributed by atoms with Crippen molar-refractivity contribution in [3.63, 3.8) is 0 Å². The number of nitrogens with zero attached hydrogens (tertiary/aromatic N) is 3. The van der Waals surface area contributed by atoms with Gasteiger partial charge in [0.25, 0.3) is 5.91 Å². The molecule has 0 aliphatic heterocycles. The second kappa shape index (κ2) is 5.96. The van der Waals surface area contributed by atoms with Gasteiger partial charge in [-0.15, -0.1) is 0 Å². The normalized spacial score (nSPS) is 10.1. The van der Waals surface area contributed by atoms with Gasteiger partial charge >= 0.3 is 0 Å². The topological polar surface area (TPSA) is 88.9 Å². The minimum atomic E-state index is -0.255. The Morgan fingerprint density at radius 1 is 1.40 bits per heavy atom. The molecule has 0 saturated carbocycles. The third-order valence-electron chi connectivity index (χ3n) is 2.73. The summed E-state index contributed by atoms with van der Waals surface area (Å²) in [6.07, 6.45) is 4.72. The van der Waals surface area contributed by atoms with Gasteiger partial charge in [-0.05, 0) is 19.1 Å². The van der Waals surface area contributed by atoms with Crippen LogP contribution in [-0.2, 0) is 11.3 Å². The van der Waals surface area contributed by atoms with Gasteiger partial charge in [-0.2, -0.15) is 5.10 Å². The van der Waals surface area contributed by atoms with Crippen LogP contribution in [0.1, 0.15) is 16.1 Å². The SMILES string of the molecule is CNC(=O)Cn1cc(NC(=O)c2cccnc2C)cn1. The number of hydrogen-bond donors (Lipinski definition) is 2. The minimum absolute atomic E-state index is 0.109. The Bertz CT molecular complexity index is 635. The number of carbonyl (C=O) groups is 2. The van der Waals surface area contributed by atoms with Crippen molar-refractivity contribution < 1.29 is 9.59 Å². The van der Waals surface area contributed by atoms with Gasteiger partial charge in [0.05, 0.1) is 17.4 Å². The first kappa shape index (κ1) is 13.7. The van der Waals surface area contributed by atoms with Crippen LogP contribution in [-0.4, -0.2) is 33.6 Å². The van der Waals surface area contributed by atoms with Crippen LogP contribution in [0, 0.1) is 6.92 Å². The lowest BCUT2D eigenvalue weighted by molar-refractivity contribution is -0.121. The molecule has 0 bridgehead atoms. The van der Waals surface area contributed by atoms with Gasteiger partial charge in [0.15, 0.2) is 0 Å². The number of carbonyl (C=O) groups excluding carboxylic acids is 2. The summed E-state index contributed by atoms with van der Waals surface area (Å²) in [5, 5.41) is 9.22. The molecule has 0 saturated heterocycles. The first-order valence-corrected chi connectivity index (χ1v) is 6.06. The van der Waals surface area contributed by atoms with Gasteiger partial charge in [0.1, 0.15) is 6.54 Å². The molecule has 2 amide bonds. The quantitative estimate of drug-likeness (QED) is 0.853. The molecule has 7 nitrogen and oxygen atoms in total. The summed E-state index contributed by atoms with van der Waals surface area (Å²) in [4.78, 5) is 27.3. The third kappa shape index (κ3) is 3.19. The number of nitrogens with one attached hydrogen (secondary N) is 2. The van der Waals surface area contributed by atoms with Gasteiger partial charge in [-0.25, -0.2) is 0 Å². The fourth-order valence-electron chi connectivity index (χ4n) is 1.66. The molecule has 0 spiro atoms. The van der Waals surface area contributed by atoms with Crippen LogP contribution in [0.5, 0.6) is 0 Å². The summed E-state index contributed by atoms with van der Waals surface area (Å²) in [6.45, 7) is 1.88. The lowest BCUT2D eigenvalue weighted by Crippen LogP contribution is -2.23. The van der Waals surface area contributed by atoms with Crippen LogP contribution < -0.4 is 10.6 Å². The highest BCUT2D eigenvalue weighted by atomic mass is 16.2. The van der Waals surface area contributed by atoms with Crippen molar-refractivity contribution in [2.45, 2.75) is 13.5 Å². The highest BCUT2D eigenvalue weighted by Gasteiger charge is 2.11. The Kier molecular flexibility index (Phi) is 4.09. The summed E-state index contributed by atoms with van der Waals surface area (Å²) in [6, 6.07) is 3.41. The minimum Gasteiger partial charge on any atom is -0.358 e. The van der Waals surface area contributed by atoms with Crippen LogP contribution in [0.2, 0.25) is 0 Å². The first-order valence-electron chi connectivity index (χ1n) is 6.06. The highest BCUT2D eigenvalue weighted by molar-refractivity contribution is 6.04. The molecular weight excluding hydrogens is 258 g/mol. The average molecular weight is 273 g/mol. The maximum atomic E-state index is 12.1.